The van der Waals surface area contributed by atoms with Crippen LogP contribution in [-0.2, 0) is 9.59 Å². The zero-order valence-corrected chi connectivity index (χ0v) is 12.8. The minimum absolute atomic E-state index is 0. The monoisotopic (exact) mass is 328 g/mol. The first-order valence-electron chi connectivity index (χ1n) is 4.56. The van der Waals surface area contributed by atoms with Crippen LogP contribution in [-0.4, -0.2) is 71.0 Å². The SMILES string of the molecule is O=C(O)CCCCCCCC(=O)O.[Ba+2].[H-].[H-]. The number of aliphatic carboxylic acids is 2. The molecular formula is C9H18BaO4. The second-order valence-corrected chi connectivity index (χ2v) is 3.06. The summed E-state index contributed by atoms with van der Waals surface area (Å²) >= 11 is 0. The van der Waals surface area contributed by atoms with Crippen LogP contribution in [0.15, 0.2) is 0 Å². The number of carboxylic acids is 2. The van der Waals surface area contributed by atoms with Crippen molar-refractivity contribution in [3.8, 4) is 0 Å². The van der Waals surface area contributed by atoms with E-state index in [0.717, 1.165) is 19.3 Å². The van der Waals surface area contributed by atoms with Gasteiger partial charge in [-0.25, -0.2) is 0 Å². The van der Waals surface area contributed by atoms with Crippen molar-refractivity contribution in [2.24, 2.45) is 0 Å². The zero-order chi connectivity index (χ0) is 10.1. The summed E-state index contributed by atoms with van der Waals surface area (Å²) in [6.45, 7) is 0. The Labute approximate surface area is 127 Å². The van der Waals surface area contributed by atoms with E-state index in [-0.39, 0.29) is 64.6 Å². The van der Waals surface area contributed by atoms with Gasteiger partial charge in [-0.1, -0.05) is 19.3 Å². The summed E-state index contributed by atoms with van der Waals surface area (Å²) in [4.78, 5) is 20.2. The summed E-state index contributed by atoms with van der Waals surface area (Å²) in [5.74, 6) is -1.52. The Morgan fingerprint density at radius 1 is 0.786 bits per heavy atom. The van der Waals surface area contributed by atoms with Crippen LogP contribution in [0.1, 0.15) is 47.8 Å². The van der Waals surface area contributed by atoms with Crippen LogP contribution < -0.4 is 0 Å². The second kappa shape index (κ2) is 11.6. The quantitative estimate of drug-likeness (QED) is 0.526. The maximum atomic E-state index is 10.1. The van der Waals surface area contributed by atoms with Gasteiger partial charge < -0.3 is 13.1 Å². The van der Waals surface area contributed by atoms with Crippen molar-refractivity contribution in [3.05, 3.63) is 0 Å². The molecule has 0 aliphatic carbocycles. The Balaban J connectivity index is -0.000000240. The third kappa shape index (κ3) is 15.0. The van der Waals surface area contributed by atoms with Crippen molar-refractivity contribution in [2.45, 2.75) is 44.9 Å². The van der Waals surface area contributed by atoms with Crippen LogP contribution in [0.3, 0.4) is 0 Å². The first kappa shape index (κ1) is 16.9. The first-order valence-corrected chi connectivity index (χ1v) is 4.56. The minimum atomic E-state index is -0.759. The van der Waals surface area contributed by atoms with E-state index in [9.17, 15) is 9.59 Å². The maximum absolute atomic E-state index is 10.1. The Bertz CT molecular complexity index is 161. The van der Waals surface area contributed by atoms with E-state index in [1.165, 1.54) is 0 Å². The minimum Gasteiger partial charge on any atom is -1.00 e. The topological polar surface area (TPSA) is 74.6 Å². The third-order valence-corrected chi connectivity index (χ3v) is 1.78. The summed E-state index contributed by atoms with van der Waals surface area (Å²) in [5.41, 5.74) is 0. The van der Waals surface area contributed by atoms with Crippen molar-refractivity contribution in [3.63, 3.8) is 0 Å². The molecule has 0 aromatic carbocycles. The van der Waals surface area contributed by atoms with Gasteiger partial charge in [-0.3, -0.25) is 9.59 Å². The molecule has 0 heterocycles. The van der Waals surface area contributed by atoms with Crippen molar-refractivity contribution >= 4 is 60.8 Å². The molecule has 0 fully saturated rings. The normalized spacial score (nSPS) is 9.14. The molecule has 4 nitrogen and oxygen atoms in total. The van der Waals surface area contributed by atoms with Gasteiger partial charge in [0.1, 0.15) is 0 Å². The first-order chi connectivity index (χ1) is 6.13. The van der Waals surface area contributed by atoms with Crippen LogP contribution in [0, 0.1) is 0 Å². The fourth-order valence-corrected chi connectivity index (χ4v) is 1.08. The molecule has 2 N–H and O–H groups in total. The predicted molar refractivity (Wildman–Crippen MR) is 55.6 cm³/mol. The molecule has 0 aromatic heterocycles. The van der Waals surface area contributed by atoms with Crippen LogP contribution in [0.5, 0.6) is 0 Å². The van der Waals surface area contributed by atoms with Gasteiger partial charge in [0, 0.05) is 12.8 Å². The summed E-state index contributed by atoms with van der Waals surface area (Å²) in [7, 11) is 0. The molecule has 0 saturated carbocycles. The van der Waals surface area contributed by atoms with E-state index in [1.807, 2.05) is 0 Å². The van der Waals surface area contributed by atoms with Gasteiger partial charge >= 0.3 is 60.8 Å². The van der Waals surface area contributed by atoms with Crippen LogP contribution >= 0.6 is 0 Å². The largest absolute Gasteiger partial charge is 2.00 e. The maximum Gasteiger partial charge on any atom is 2.00 e. The van der Waals surface area contributed by atoms with Gasteiger partial charge in [-0.15, -0.1) is 0 Å². The Kier molecular flexibility index (Phi) is 14.0. The number of carboxylic acid groups (broad SMARTS) is 2. The number of hydrogen-bond donors (Lipinski definition) is 2. The van der Waals surface area contributed by atoms with Crippen molar-refractivity contribution in [1.82, 2.24) is 0 Å². The van der Waals surface area contributed by atoms with Gasteiger partial charge in [-0.05, 0) is 12.8 Å². The predicted octanol–water partition coefficient (Wildman–Crippen LogP) is 1.73. The molecule has 0 rings (SSSR count). The molecular weight excluding hydrogens is 309 g/mol. The molecule has 0 atom stereocenters. The zero-order valence-electron chi connectivity index (χ0n) is 10.4. The molecule has 0 unspecified atom stereocenters. The third-order valence-electron chi connectivity index (χ3n) is 1.78. The van der Waals surface area contributed by atoms with Gasteiger partial charge in [0.25, 0.3) is 0 Å². The molecule has 14 heavy (non-hydrogen) atoms. The Morgan fingerprint density at radius 2 is 1.07 bits per heavy atom. The van der Waals surface area contributed by atoms with E-state index in [0.29, 0.717) is 12.8 Å². The molecule has 5 heteroatoms. The standard InChI is InChI=1S/C9H16O4.Ba.2H/c10-8(11)6-4-2-1-3-5-7-9(12)13;;;/h1-7H2,(H,10,11)(H,12,13);;;/q;+2;2*-1. The molecule has 0 aromatic rings. The molecule has 0 amide bonds. The number of unbranched alkanes of at least 4 members (excludes halogenated alkanes) is 4. The average Bonchev–Trinajstić information content (AvgIpc) is 2.01. The smallest absolute Gasteiger partial charge is 1.00 e. The number of rotatable bonds is 8. The molecule has 0 saturated heterocycles. The van der Waals surface area contributed by atoms with Gasteiger partial charge in [-0.2, -0.15) is 0 Å². The van der Waals surface area contributed by atoms with E-state index in [1.54, 1.807) is 0 Å². The van der Waals surface area contributed by atoms with E-state index in [4.69, 9.17) is 10.2 Å². The fourth-order valence-electron chi connectivity index (χ4n) is 1.08. The summed E-state index contributed by atoms with van der Waals surface area (Å²) in [6.07, 6.45) is 4.53. The van der Waals surface area contributed by atoms with Crippen molar-refractivity contribution < 1.29 is 22.7 Å². The Morgan fingerprint density at radius 3 is 1.36 bits per heavy atom. The van der Waals surface area contributed by atoms with E-state index < -0.39 is 11.9 Å². The molecule has 0 aliphatic rings. The Hall–Kier alpha value is 0.511. The molecule has 0 spiro atoms. The summed E-state index contributed by atoms with van der Waals surface area (Å²) in [6, 6.07) is 0. The van der Waals surface area contributed by atoms with Crippen LogP contribution in [0.4, 0.5) is 0 Å². The fraction of sp³-hybridized carbons (Fsp3) is 0.778. The molecule has 0 aliphatic heterocycles. The number of carbonyl (C=O) groups is 2. The number of hydrogen-bond acceptors (Lipinski definition) is 2. The van der Waals surface area contributed by atoms with Gasteiger partial charge in [0.15, 0.2) is 0 Å². The molecule has 0 radical (unpaired) electrons. The van der Waals surface area contributed by atoms with Crippen LogP contribution in [0.2, 0.25) is 0 Å². The average molecular weight is 328 g/mol. The van der Waals surface area contributed by atoms with E-state index in [2.05, 4.69) is 0 Å². The van der Waals surface area contributed by atoms with Crippen molar-refractivity contribution in [2.75, 3.05) is 0 Å². The van der Waals surface area contributed by atoms with Crippen molar-refractivity contribution in [1.29, 1.82) is 0 Å². The molecule has 0 bridgehead atoms. The molecule has 80 valence electrons. The summed E-state index contributed by atoms with van der Waals surface area (Å²) in [5, 5.41) is 16.6. The van der Waals surface area contributed by atoms with Gasteiger partial charge in [0.2, 0.25) is 0 Å². The second-order valence-electron chi connectivity index (χ2n) is 3.06. The van der Waals surface area contributed by atoms with Crippen LogP contribution in [0.25, 0.3) is 0 Å². The van der Waals surface area contributed by atoms with E-state index >= 15 is 0 Å². The van der Waals surface area contributed by atoms with Gasteiger partial charge in [0.05, 0.1) is 0 Å². The summed E-state index contributed by atoms with van der Waals surface area (Å²) < 4.78 is 0.